The molecule has 2 bridgehead atoms. The van der Waals surface area contributed by atoms with Gasteiger partial charge in [-0.15, -0.1) is 35.3 Å². The van der Waals surface area contributed by atoms with Crippen LogP contribution in [-0.4, -0.2) is 85.0 Å². The van der Waals surface area contributed by atoms with Gasteiger partial charge in [-0.1, -0.05) is 0 Å². The molecule has 146 valence electrons. The van der Waals surface area contributed by atoms with Crippen molar-refractivity contribution in [2.24, 2.45) is 4.99 Å². The molecule has 3 saturated heterocycles. The summed E-state index contributed by atoms with van der Waals surface area (Å²) >= 11 is 1.90. The lowest BCUT2D eigenvalue weighted by Gasteiger charge is -2.47. The molecule has 1 aliphatic carbocycles. The molecule has 1 atom stereocenters. The first-order valence-electron chi connectivity index (χ1n) is 9.58. The van der Waals surface area contributed by atoms with E-state index >= 15 is 0 Å². The highest BCUT2D eigenvalue weighted by Crippen LogP contribution is 2.27. The molecular formula is C18H31IN6S. The van der Waals surface area contributed by atoms with Crippen molar-refractivity contribution in [3.8, 4) is 0 Å². The van der Waals surface area contributed by atoms with E-state index < -0.39 is 0 Å². The lowest BCUT2D eigenvalue weighted by atomic mass is 10.0. The third-order valence-electron chi connectivity index (χ3n) is 5.72. The summed E-state index contributed by atoms with van der Waals surface area (Å²) in [5.41, 5.74) is 1.35. The second kappa shape index (κ2) is 9.16. The summed E-state index contributed by atoms with van der Waals surface area (Å²) in [7, 11) is 4.00. The van der Waals surface area contributed by atoms with E-state index in [1.807, 2.05) is 18.4 Å². The molecule has 3 fully saturated rings. The first kappa shape index (κ1) is 20.3. The molecule has 4 aliphatic rings. The molecule has 4 heterocycles. The Morgan fingerprint density at radius 2 is 2.04 bits per heavy atom. The highest BCUT2D eigenvalue weighted by molar-refractivity contribution is 14.0. The van der Waals surface area contributed by atoms with E-state index in [-0.39, 0.29) is 24.0 Å². The van der Waals surface area contributed by atoms with Crippen LogP contribution in [0.4, 0.5) is 0 Å². The first-order chi connectivity index (χ1) is 12.2. The smallest absolute Gasteiger partial charge is 0.193 e. The van der Waals surface area contributed by atoms with Gasteiger partial charge in [-0.2, -0.15) is 0 Å². The molecule has 0 amide bonds. The number of piperazine rings is 3. The Morgan fingerprint density at radius 3 is 2.69 bits per heavy atom. The Balaban J connectivity index is 0.00000196. The van der Waals surface area contributed by atoms with Gasteiger partial charge in [0, 0.05) is 64.3 Å². The average Bonchev–Trinajstić information content (AvgIpc) is 3.05. The van der Waals surface area contributed by atoms with Gasteiger partial charge in [-0.25, -0.2) is 4.98 Å². The summed E-state index contributed by atoms with van der Waals surface area (Å²) in [6.45, 7) is 7.91. The van der Waals surface area contributed by atoms with Crippen molar-refractivity contribution in [2.45, 2.75) is 38.3 Å². The third kappa shape index (κ3) is 4.51. The number of aryl methyl sites for hydroxylation is 2. The van der Waals surface area contributed by atoms with Gasteiger partial charge in [0.25, 0.3) is 0 Å². The molecule has 0 aromatic carbocycles. The van der Waals surface area contributed by atoms with Crippen molar-refractivity contribution in [3.05, 3.63) is 15.6 Å². The fourth-order valence-electron chi connectivity index (χ4n) is 4.26. The molecule has 1 aromatic heterocycles. The van der Waals surface area contributed by atoms with E-state index in [1.54, 1.807) is 0 Å². The number of aromatic nitrogens is 1. The monoisotopic (exact) mass is 490 g/mol. The van der Waals surface area contributed by atoms with Gasteiger partial charge in [0.2, 0.25) is 0 Å². The molecule has 26 heavy (non-hydrogen) atoms. The summed E-state index contributed by atoms with van der Waals surface area (Å²) in [5, 5.41) is 4.82. The summed E-state index contributed by atoms with van der Waals surface area (Å²) in [6, 6.07) is 0.611. The Labute approximate surface area is 178 Å². The molecule has 0 saturated carbocycles. The van der Waals surface area contributed by atoms with E-state index in [9.17, 15) is 0 Å². The van der Waals surface area contributed by atoms with E-state index in [0.717, 1.165) is 25.5 Å². The molecule has 6 nitrogen and oxygen atoms in total. The Morgan fingerprint density at radius 1 is 1.27 bits per heavy atom. The third-order valence-corrected chi connectivity index (χ3v) is 6.87. The standard InChI is InChI=1S/C18H30N6S.HI/c1-19-18(20-11-14-12-23-7-9-24(14)10-8-23)22(2)13-17-21-15-5-3-4-6-16(15)25-17;/h14H,3-13H2,1-2H3,(H,19,20);1H. The number of nitrogens with zero attached hydrogens (tertiary/aromatic N) is 5. The molecule has 1 aromatic rings. The highest BCUT2D eigenvalue weighted by atomic mass is 127. The van der Waals surface area contributed by atoms with Crippen LogP contribution >= 0.6 is 35.3 Å². The second-order valence-corrected chi connectivity index (χ2v) is 8.63. The molecule has 1 N–H and O–H groups in total. The Bertz CT molecular complexity index is 602. The zero-order chi connectivity index (χ0) is 17.2. The van der Waals surface area contributed by atoms with Crippen molar-refractivity contribution < 1.29 is 0 Å². The summed E-state index contributed by atoms with van der Waals surface area (Å²) in [5.74, 6) is 0.978. The topological polar surface area (TPSA) is 47.0 Å². The lowest BCUT2D eigenvalue weighted by Crippen LogP contribution is -2.63. The molecule has 0 spiro atoms. The van der Waals surface area contributed by atoms with Crippen LogP contribution in [-0.2, 0) is 19.4 Å². The minimum Gasteiger partial charge on any atom is -0.355 e. The number of aliphatic imine (C=N–C) groups is 1. The Kier molecular flexibility index (Phi) is 7.15. The van der Waals surface area contributed by atoms with Crippen molar-refractivity contribution in [3.63, 3.8) is 0 Å². The zero-order valence-corrected chi connectivity index (χ0v) is 19.1. The van der Waals surface area contributed by atoms with Crippen LogP contribution in [0.5, 0.6) is 0 Å². The van der Waals surface area contributed by atoms with E-state index in [2.05, 4.69) is 32.1 Å². The van der Waals surface area contributed by atoms with Gasteiger partial charge in [0.1, 0.15) is 5.01 Å². The SMILES string of the molecule is CN=C(NCC1CN2CCN1CC2)N(C)Cc1nc2c(s1)CCCC2.I. The summed E-state index contributed by atoms with van der Waals surface area (Å²) in [4.78, 5) is 18.3. The van der Waals surface area contributed by atoms with Crippen LogP contribution in [0.1, 0.15) is 28.4 Å². The van der Waals surface area contributed by atoms with Crippen LogP contribution in [0.25, 0.3) is 0 Å². The number of hydrogen-bond acceptors (Lipinski definition) is 5. The maximum atomic E-state index is 4.87. The van der Waals surface area contributed by atoms with Gasteiger partial charge in [-0.3, -0.25) is 14.8 Å². The van der Waals surface area contributed by atoms with E-state index in [0.29, 0.717) is 6.04 Å². The number of thiazole rings is 1. The van der Waals surface area contributed by atoms with Crippen molar-refractivity contribution in [2.75, 3.05) is 53.4 Å². The van der Waals surface area contributed by atoms with Crippen LogP contribution in [0.3, 0.4) is 0 Å². The van der Waals surface area contributed by atoms with Gasteiger partial charge in [-0.05, 0) is 25.7 Å². The Hall–Kier alpha value is -0.450. The predicted molar refractivity (Wildman–Crippen MR) is 119 cm³/mol. The largest absolute Gasteiger partial charge is 0.355 e. The number of fused-ring (bicyclic) bond motifs is 4. The van der Waals surface area contributed by atoms with Crippen LogP contribution in [0.15, 0.2) is 4.99 Å². The van der Waals surface area contributed by atoms with Gasteiger partial charge < -0.3 is 10.2 Å². The van der Waals surface area contributed by atoms with Gasteiger partial charge in [0.05, 0.1) is 12.2 Å². The quantitative estimate of drug-likeness (QED) is 0.395. The number of rotatable bonds is 4. The van der Waals surface area contributed by atoms with E-state index in [4.69, 9.17) is 4.98 Å². The number of halogens is 1. The second-order valence-electron chi connectivity index (χ2n) is 7.46. The molecular weight excluding hydrogens is 459 g/mol. The maximum absolute atomic E-state index is 4.87. The van der Waals surface area contributed by atoms with E-state index in [1.165, 1.54) is 67.6 Å². The number of guanidine groups is 1. The molecule has 5 rings (SSSR count). The maximum Gasteiger partial charge on any atom is 0.193 e. The van der Waals surface area contributed by atoms with Crippen LogP contribution in [0.2, 0.25) is 0 Å². The molecule has 0 radical (unpaired) electrons. The van der Waals surface area contributed by atoms with Crippen LogP contribution in [0, 0.1) is 0 Å². The minimum absolute atomic E-state index is 0. The van der Waals surface area contributed by atoms with Gasteiger partial charge >= 0.3 is 0 Å². The first-order valence-corrected chi connectivity index (χ1v) is 10.4. The fraction of sp³-hybridized carbons (Fsp3) is 0.778. The number of hydrogen-bond donors (Lipinski definition) is 1. The van der Waals surface area contributed by atoms with Crippen molar-refractivity contribution in [1.29, 1.82) is 0 Å². The van der Waals surface area contributed by atoms with Crippen molar-refractivity contribution in [1.82, 2.24) is 25.0 Å². The average molecular weight is 490 g/mol. The summed E-state index contributed by atoms with van der Waals surface area (Å²) in [6.07, 6.45) is 5.00. The summed E-state index contributed by atoms with van der Waals surface area (Å²) < 4.78 is 0. The highest BCUT2D eigenvalue weighted by Gasteiger charge is 2.31. The lowest BCUT2D eigenvalue weighted by molar-refractivity contribution is 0.0152. The predicted octanol–water partition coefficient (Wildman–Crippen LogP) is 1.65. The van der Waals surface area contributed by atoms with Gasteiger partial charge in [0.15, 0.2) is 5.96 Å². The normalized spacial score (nSPS) is 27.6. The fourth-order valence-corrected chi connectivity index (χ4v) is 5.47. The number of nitrogens with one attached hydrogen (secondary N) is 1. The van der Waals surface area contributed by atoms with Crippen molar-refractivity contribution >= 4 is 41.3 Å². The minimum atomic E-state index is 0. The molecule has 3 aliphatic heterocycles. The molecule has 8 heteroatoms. The molecule has 1 unspecified atom stereocenters. The zero-order valence-electron chi connectivity index (χ0n) is 15.9. The van der Waals surface area contributed by atoms with Crippen LogP contribution < -0.4 is 5.32 Å².